The summed E-state index contributed by atoms with van der Waals surface area (Å²) >= 11 is 0. The predicted octanol–water partition coefficient (Wildman–Crippen LogP) is 1.99. The monoisotopic (exact) mass is 177 g/mol. The lowest BCUT2D eigenvalue weighted by Crippen LogP contribution is -2.35. The molecule has 1 fully saturated rings. The number of hydrogen-bond acceptors (Lipinski definition) is 2. The van der Waals surface area contributed by atoms with Crippen LogP contribution in [0.15, 0.2) is 18.2 Å². The normalized spacial score (nSPS) is 21.2. The van der Waals surface area contributed by atoms with Crippen molar-refractivity contribution < 1.29 is 5.11 Å². The molecule has 0 amide bonds. The van der Waals surface area contributed by atoms with Gasteiger partial charge < -0.3 is 10.4 Å². The van der Waals surface area contributed by atoms with E-state index in [0.29, 0.717) is 11.8 Å². The number of phenols is 1. The Morgan fingerprint density at radius 1 is 1.54 bits per heavy atom. The largest absolute Gasteiger partial charge is 0.508 e. The highest BCUT2D eigenvalue weighted by Crippen LogP contribution is 2.29. The van der Waals surface area contributed by atoms with Crippen LogP contribution in [0.1, 0.15) is 30.5 Å². The third kappa shape index (κ3) is 1.54. The first-order valence-corrected chi connectivity index (χ1v) is 4.86. The summed E-state index contributed by atoms with van der Waals surface area (Å²) in [6.45, 7) is 3.25. The number of nitrogens with one attached hydrogen (secondary N) is 1. The van der Waals surface area contributed by atoms with Gasteiger partial charge in [0.1, 0.15) is 5.75 Å². The molecule has 1 aliphatic rings. The van der Waals surface area contributed by atoms with Crippen molar-refractivity contribution in [3.63, 3.8) is 0 Å². The number of benzene rings is 1. The average Bonchev–Trinajstić information content (AvgIpc) is 2.02. The van der Waals surface area contributed by atoms with Crippen molar-refractivity contribution in [2.75, 3.05) is 6.54 Å². The zero-order valence-corrected chi connectivity index (χ0v) is 7.88. The van der Waals surface area contributed by atoms with Crippen LogP contribution in [-0.4, -0.2) is 11.7 Å². The van der Waals surface area contributed by atoms with Crippen molar-refractivity contribution in [3.05, 3.63) is 29.3 Å². The van der Waals surface area contributed by atoms with E-state index in [1.165, 1.54) is 17.5 Å². The Bertz CT molecular complexity index is 305. The minimum atomic E-state index is 0.376. The second kappa shape index (κ2) is 3.38. The molecule has 2 nitrogen and oxygen atoms in total. The van der Waals surface area contributed by atoms with Crippen molar-refractivity contribution in [2.24, 2.45) is 0 Å². The van der Waals surface area contributed by atoms with Crippen LogP contribution in [0, 0.1) is 0 Å². The molecule has 1 aromatic rings. The molecule has 0 saturated carbocycles. The molecule has 1 saturated heterocycles. The van der Waals surface area contributed by atoms with Crippen LogP contribution in [0.25, 0.3) is 0 Å². The van der Waals surface area contributed by atoms with Gasteiger partial charge >= 0.3 is 0 Å². The lowest BCUT2D eigenvalue weighted by molar-refractivity contribution is 0.378. The fourth-order valence-corrected chi connectivity index (χ4v) is 1.78. The van der Waals surface area contributed by atoms with Gasteiger partial charge in [-0.15, -0.1) is 0 Å². The SMILES string of the molecule is CCc1ccc(O)cc1[C@H]1CCN1. The lowest BCUT2D eigenvalue weighted by atomic mass is 9.92. The van der Waals surface area contributed by atoms with Crippen LogP contribution in [0.4, 0.5) is 0 Å². The Labute approximate surface area is 78.6 Å². The maximum Gasteiger partial charge on any atom is 0.115 e. The molecule has 2 heteroatoms. The molecule has 1 atom stereocenters. The van der Waals surface area contributed by atoms with E-state index in [1.807, 2.05) is 12.1 Å². The zero-order valence-electron chi connectivity index (χ0n) is 7.88. The van der Waals surface area contributed by atoms with Crippen molar-refractivity contribution in [3.8, 4) is 5.75 Å². The highest BCUT2D eigenvalue weighted by Gasteiger charge is 2.20. The van der Waals surface area contributed by atoms with Crippen LogP contribution in [0.5, 0.6) is 5.75 Å². The maximum absolute atomic E-state index is 9.37. The van der Waals surface area contributed by atoms with Crippen molar-refractivity contribution in [2.45, 2.75) is 25.8 Å². The second-order valence-electron chi connectivity index (χ2n) is 3.53. The second-order valence-corrected chi connectivity index (χ2v) is 3.53. The fourth-order valence-electron chi connectivity index (χ4n) is 1.78. The van der Waals surface area contributed by atoms with Gasteiger partial charge in [0, 0.05) is 6.04 Å². The number of aryl methyl sites for hydroxylation is 1. The number of aromatic hydroxyl groups is 1. The van der Waals surface area contributed by atoms with E-state index in [0.717, 1.165) is 13.0 Å². The van der Waals surface area contributed by atoms with Crippen LogP contribution in [0.3, 0.4) is 0 Å². The number of rotatable bonds is 2. The van der Waals surface area contributed by atoms with E-state index in [-0.39, 0.29) is 0 Å². The summed E-state index contributed by atoms with van der Waals surface area (Å²) in [7, 11) is 0. The summed E-state index contributed by atoms with van der Waals surface area (Å²) in [5.41, 5.74) is 2.61. The highest BCUT2D eigenvalue weighted by atomic mass is 16.3. The third-order valence-electron chi connectivity index (χ3n) is 2.71. The van der Waals surface area contributed by atoms with Crippen molar-refractivity contribution >= 4 is 0 Å². The van der Waals surface area contributed by atoms with E-state index in [4.69, 9.17) is 0 Å². The van der Waals surface area contributed by atoms with Gasteiger partial charge in [0.25, 0.3) is 0 Å². The quantitative estimate of drug-likeness (QED) is 0.724. The summed E-state index contributed by atoms with van der Waals surface area (Å²) in [5.74, 6) is 0.376. The molecular formula is C11H15NO. The Morgan fingerprint density at radius 3 is 2.85 bits per heavy atom. The summed E-state index contributed by atoms with van der Waals surface area (Å²) < 4.78 is 0. The predicted molar refractivity (Wildman–Crippen MR) is 52.8 cm³/mol. The summed E-state index contributed by atoms with van der Waals surface area (Å²) in [6.07, 6.45) is 2.23. The van der Waals surface area contributed by atoms with Crippen LogP contribution < -0.4 is 5.32 Å². The minimum Gasteiger partial charge on any atom is -0.508 e. The summed E-state index contributed by atoms with van der Waals surface area (Å²) in [4.78, 5) is 0. The van der Waals surface area contributed by atoms with Crippen LogP contribution >= 0.6 is 0 Å². The number of phenolic OH excluding ortho intramolecular Hbond substituents is 1. The summed E-state index contributed by atoms with van der Waals surface area (Å²) in [5, 5.41) is 12.7. The molecular weight excluding hydrogens is 162 g/mol. The molecule has 1 aromatic carbocycles. The van der Waals surface area contributed by atoms with E-state index in [2.05, 4.69) is 12.2 Å². The fraction of sp³-hybridized carbons (Fsp3) is 0.455. The molecule has 0 spiro atoms. The standard InChI is InChI=1S/C11H15NO/c1-2-8-3-4-9(13)7-10(8)11-5-6-12-11/h3-4,7,11-13H,2,5-6H2,1H3/t11-/m1/s1. The Balaban J connectivity index is 2.33. The molecule has 0 aliphatic carbocycles. The van der Waals surface area contributed by atoms with E-state index < -0.39 is 0 Å². The number of hydrogen-bond donors (Lipinski definition) is 2. The average molecular weight is 177 g/mol. The molecule has 2 N–H and O–H groups in total. The summed E-state index contributed by atoms with van der Waals surface area (Å²) in [6, 6.07) is 6.14. The van der Waals surface area contributed by atoms with E-state index in [9.17, 15) is 5.11 Å². The zero-order chi connectivity index (χ0) is 9.26. The van der Waals surface area contributed by atoms with Crippen LogP contribution in [0.2, 0.25) is 0 Å². The molecule has 0 unspecified atom stereocenters. The van der Waals surface area contributed by atoms with Gasteiger partial charge in [0.2, 0.25) is 0 Å². The first kappa shape index (κ1) is 8.57. The van der Waals surface area contributed by atoms with Gasteiger partial charge in [-0.1, -0.05) is 13.0 Å². The lowest BCUT2D eigenvalue weighted by Gasteiger charge is -2.29. The van der Waals surface area contributed by atoms with Gasteiger partial charge in [-0.25, -0.2) is 0 Å². The van der Waals surface area contributed by atoms with Gasteiger partial charge in [0.05, 0.1) is 0 Å². The van der Waals surface area contributed by atoms with Crippen molar-refractivity contribution in [1.29, 1.82) is 0 Å². The van der Waals surface area contributed by atoms with Gasteiger partial charge in [0.15, 0.2) is 0 Å². The minimum absolute atomic E-state index is 0.376. The first-order valence-electron chi connectivity index (χ1n) is 4.86. The smallest absolute Gasteiger partial charge is 0.115 e. The van der Waals surface area contributed by atoms with E-state index >= 15 is 0 Å². The Morgan fingerprint density at radius 2 is 2.31 bits per heavy atom. The Kier molecular flexibility index (Phi) is 2.23. The molecule has 70 valence electrons. The van der Waals surface area contributed by atoms with Gasteiger partial charge in [-0.2, -0.15) is 0 Å². The topological polar surface area (TPSA) is 32.3 Å². The molecule has 1 heterocycles. The molecule has 0 radical (unpaired) electrons. The third-order valence-corrected chi connectivity index (χ3v) is 2.71. The molecule has 1 aliphatic heterocycles. The maximum atomic E-state index is 9.37. The van der Waals surface area contributed by atoms with E-state index in [1.54, 1.807) is 6.07 Å². The Hall–Kier alpha value is -1.02. The molecule has 0 bridgehead atoms. The van der Waals surface area contributed by atoms with Crippen molar-refractivity contribution in [1.82, 2.24) is 5.32 Å². The van der Waals surface area contributed by atoms with Gasteiger partial charge in [-0.05, 0) is 42.6 Å². The molecule has 13 heavy (non-hydrogen) atoms. The molecule has 0 aromatic heterocycles. The van der Waals surface area contributed by atoms with Crippen LogP contribution in [-0.2, 0) is 6.42 Å². The first-order chi connectivity index (χ1) is 6.31. The van der Waals surface area contributed by atoms with Gasteiger partial charge in [-0.3, -0.25) is 0 Å². The highest BCUT2D eigenvalue weighted by molar-refractivity contribution is 5.37. The molecule has 2 rings (SSSR count).